The second-order valence-electron chi connectivity index (χ2n) is 6.63. The molecule has 4 rings (SSSR count). The zero-order valence-electron chi connectivity index (χ0n) is 14.6. The number of hydrazine groups is 1. The Morgan fingerprint density at radius 3 is 2.96 bits per heavy atom. The highest BCUT2D eigenvalue weighted by atomic mass is 15.5. The maximum absolute atomic E-state index is 4.86. The Balaban J connectivity index is 1.43. The van der Waals surface area contributed by atoms with Crippen molar-refractivity contribution < 1.29 is 0 Å². The summed E-state index contributed by atoms with van der Waals surface area (Å²) in [5.41, 5.74) is 5.49. The van der Waals surface area contributed by atoms with Gasteiger partial charge in [-0.15, -0.1) is 0 Å². The first-order valence-electron chi connectivity index (χ1n) is 8.97. The lowest BCUT2D eigenvalue weighted by molar-refractivity contribution is 0.740. The van der Waals surface area contributed by atoms with Crippen molar-refractivity contribution in [2.24, 2.45) is 7.05 Å². The number of nitrogens with one attached hydrogen (secondary N) is 1. The van der Waals surface area contributed by atoms with E-state index in [2.05, 4.69) is 57.5 Å². The molecule has 0 radical (unpaired) electrons. The first-order valence-corrected chi connectivity index (χ1v) is 8.97. The van der Waals surface area contributed by atoms with Crippen LogP contribution in [0, 0.1) is 0 Å². The van der Waals surface area contributed by atoms with Crippen molar-refractivity contribution in [2.75, 3.05) is 18.1 Å². The molecule has 1 unspecified atom stereocenters. The van der Waals surface area contributed by atoms with Crippen molar-refractivity contribution in [2.45, 2.75) is 31.6 Å². The van der Waals surface area contributed by atoms with Crippen LogP contribution in [0.3, 0.4) is 0 Å². The molecule has 2 aliphatic rings. The second kappa shape index (κ2) is 7.19. The fourth-order valence-corrected chi connectivity index (χ4v) is 3.35. The standard InChI is InChI=1S/C19H24N6/c1-24-14-17(15-6-3-2-4-7-15)23-18(24)9-8-16-12-20-13-19(22-16)25-11-5-10-21-25/h2-4,6,12-15,21H,5,7-11H2,1H3. The van der Waals surface area contributed by atoms with Gasteiger partial charge in [-0.2, -0.15) is 0 Å². The van der Waals surface area contributed by atoms with Crippen molar-refractivity contribution in [1.29, 1.82) is 0 Å². The summed E-state index contributed by atoms with van der Waals surface area (Å²) in [5, 5.41) is 2.08. The van der Waals surface area contributed by atoms with Gasteiger partial charge in [0.1, 0.15) is 5.82 Å². The lowest BCUT2D eigenvalue weighted by Gasteiger charge is -2.16. The Hall–Kier alpha value is -2.47. The summed E-state index contributed by atoms with van der Waals surface area (Å²) in [6, 6.07) is 0. The van der Waals surface area contributed by atoms with Crippen molar-refractivity contribution >= 4 is 5.82 Å². The molecule has 2 aromatic heterocycles. The zero-order chi connectivity index (χ0) is 17.1. The molecule has 0 spiro atoms. The summed E-state index contributed by atoms with van der Waals surface area (Å²) in [5.74, 6) is 2.41. The molecule has 1 fully saturated rings. The summed E-state index contributed by atoms with van der Waals surface area (Å²) in [6.45, 7) is 2.00. The van der Waals surface area contributed by atoms with Gasteiger partial charge >= 0.3 is 0 Å². The van der Waals surface area contributed by atoms with Crippen LogP contribution in [-0.4, -0.2) is 32.6 Å². The summed E-state index contributed by atoms with van der Waals surface area (Å²) in [6.07, 6.45) is 18.4. The molecule has 25 heavy (non-hydrogen) atoms. The van der Waals surface area contributed by atoms with E-state index in [4.69, 9.17) is 9.97 Å². The van der Waals surface area contributed by atoms with Gasteiger partial charge in [0.2, 0.25) is 0 Å². The summed E-state index contributed by atoms with van der Waals surface area (Å²) < 4.78 is 2.14. The molecule has 3 heterocycles. The zero-order valence-corrected chi connectivity index (χ0v) is 14.6. The van der Waals surface area contributed by atoms with E-state index in [0.717, 1.165) is 61.8 Å². The van der Waals surface area contributed by atoms with Crippen LogP contribution in [0.2, 0.25) is 0 Å². The first kappa shape index (κ1) is 16.0. The van der Waals surface area contributed by atoms with E-state index in [-0.39, 0.29) is 0 Å². The lowest BCUT2D eigenvalue weighted by Crippen LogP contribution is -2.31. The van der Waals surface area contributed by atoms with Crippen molar-refractivity contribution in [1.82, 2.24) is 24.9 Å². The second-order valence-corrected chi connectivity index (χ2v) is 6.63. The predicted octanol–water partition coefficient (Wildman–Crippen LogP) is 2.31. The molecule has 6 nitrogen and oxygen atoms in total. The molecular formula is C19H24N6. The maximum atomic E-state index is 4.86. The van der Waals surface area contributed by atoms with Crippen LogP contribution >= 0.6 is 0 Å². The number of aromatic nitrogens is 4. The summed E-state index contributed by atoms with van der Waals surface area (Å²) in [7, 11) is 2.07. The van der Waals surface area contributed by atoms with Gasteiger partial charge in [0, 0.05) is 44.9 Å². The van der Waals surface area contributed by atoms with Crippen LogP contribution in [-0.2, 0) is 19.9 Å². The molecule has 1 N–H and O–H groups in total. The average Bonchev–Trinajstić information content (AvgIpc) is 3.31. The largest absolute Gasteiger partial charge is 0.338 e. The third-order valence-electron chi connectivity index (χ3n) is 4.77. The molecule has 0 aromatic carbocycles. The fraction of sp³-hybridized carbons (Fsp3) is 0.421. The molecule has 1 aliphatic heterocycles. The predicted molar refractivity (Wildman–Crippen MR) is 98.3 cm³/mol. The van der Waals surface area contributed by atoms with E-state index in [1.54, 1.807) is 0 Å². The number of hydrogen-bond acceptors (Lipinski definition) is 5. The SMILES string of the molecule is Cn1cc(C2C=CC=CC2)nc1CCc1cncc(N2CCCN2)n1. The number of imidazole rings is 1. The number of nitrogens with zero attached hydrogens (tertiary/aromatic N) is 5. The Kier molecular flexibility index (Phi) is 4.61. The Morgan fingerprint density at radius 2 is 2.16 bits per heavy atom. The summed E-state index contributed by atoms with van der Waals surface area (Å²) in [4.78, 5) is 13.9. The topological polar surface area (TPSA) is 58.9 Å². The highest BCUT2D eigenvalue weighted by molar-refractivity contribution is 5.35. The van der Waals surface area contributed by atoms with E-state index >= 15 is 0 Å². The van der Waals surface area contributed by atoms with Crippen molar-refractivity contribution in [3.8, 4) is 0 Å². The molecular weight excluding hydrogens is 312 g/mol. The summed E-state index contributed by atoms with van der Waals surface area (Å²) >= 11 is 0. The van der Waals surface area contributed by atoms with E-state index in [1.807, 2.05) is 12.4 Å². The van der Waals surface area contributed by atoms with Gasteiger partial charge in [-0.1, -0.05) is 24.3 Å². The van der Waals surface area contributed by atoms with E-state index in [9.17, 15) is 0 Å². The maximum Gasteiger partial charge on any atom is 0.161 e. The Morgan fingerprint density at radius 1 is 1.20 bits per heavy atom. The Labute approximate surface area is 148 Å². The van der Waals surface area contributed by atoms with Crippen LogP contribution in [0.25, 0.3) is 0 Å². The smallest absolute Gasteiger partial charge is 0.161 e. The molecule has 0 amide bonds. The Bertz CT molecular complexity index is 785. The minimum Gasteiger partial charge on any atom is -0.338 e. The average molecular weight is 336 g/mol. The molecule has 130 valence electrons. The minimum atomic E-state index is 0.398. The highest BCUT2D eigenvalue weighted by Gasteiger charge is 2.16. The number of rotatable bonds is 5. The molecule has 1 saturated heterocycles. The van der Waals surface area contributed by atoms with Crippen molar-refractivity contribution in [3.05, 3.63) is 60.1 Å². The van der Waals surface area contributed by atoms with Gasteiger partial charge < -0.3 is 4.57 Å². The lowest BCUT2D eigenvalue weighted by atomic mass is 9.98. The fourth-order valence-electron chi connectivity index (χ4n) is 3.35. The van der Waals surface area contributed by atoms with E-state index in [1.165, 1.54) is 0 Å². The van der Waals surface area contributed by atoms with Crippen LogP contribution in [0.15, 0.2) is 42.9 Å². The molecule has 2 aromatic rings. The minimum absolute atomic E-state index is 0.398. The third kappa shape index (κ3) is 3.64. The molecule has 1 aliphatic carbocycles. The molecule has 6 heteroatoms. The van der Waals surface area contributed by atoms with Crippen LogP contribution in [0.4, 0.5) is 5.82 Å². The van der Waals surface area contributed by atoms with Gasteiger partial charge in [0.15, 0.2) is 5.82 Å². The van der Waals surface area contributed by atoms with Gasteiger partial charge in [0.25, 0.3) is 0 Å². The molecule has 0 saturated carbocycles. The number of hydrogen-bond donors (Lipinski definition) is 1. The number of allylic oxidation sites excluding steroid dienone is 4. The van der Waals surface area contributed by atoms with E-state index in [0.29, 0.717) is 5.92 Å². The van der Waals surface area contributed by atoms with Gasteiger partial charge in [-0.3, -0.25) is 9.99 Å². The highest BCUT2D eigenvalue weighted by Crippen LogP contribution is 2.24. The number of anilines is 1. The number of aryl methyl sites for hydroxylation is 3. The van der Waals surface area contributed by atoms with Crippen molar-refractivity contribution in [3.63, 3.8) is 0 Å². The van der Waals surface area contributed by atoms with Gasteiger partial charge in [-0.25, -0.2) is 15.4 Å². The van der Waals surface area contributed by atoms with E-state index < -0.39 is 0 Å². The third-order valence-corrected chi connectivity index (χ3v) is 4.77. The quantitative estimate of drug-likeness (QED) is 0.908. The normalized spacial score (nSPS) is 19.7. The molecule has 1 atom stereocenters. The van der Waals surface area contributed by atoms with Gasteiger partial charge in [0.05, 0.1) is 17.6 Å². The van der Waals surface area contributed by atoms with Crippen LogP contribution < -0.4 is 10.4 Å². The van der Waals surface area contributed by atoms with Crippen LogP contribution in [0.1, 0.15) is 36.0 Å². The monoisotopic (exact) mass is 336 g/mol. The molecule has 0 bridgehead atoms. The van der Waals surface area contributed by atoms with Gasteiger partial charge in [-0.05, 0) is 19.3 Å². The van der Waals surface area contributed by atoms with Crippen LogP contribution in [0.5, 0.6) is 0 Å². The first-order chi connectivity index (χ1) is 12.3.